The molecule has 0 fully saturated rings. The van der Waals surface area contributed by atoms with Crippen LogP contribution in [0.4, 0.5) is 0 Å². The zero-order chi connectivity index (χ0) is 13.8. The third kappa shape index (κ3) is 8.13. The summed E-state index contributed by atoms with van der Waals surface area (Å²) in [5.41, 5.74) is 3.47. The highest BCUT2D eigenvalue weighted by molar-refractivity contribution is 5.74. The summed E-state index contributed by atoms with van der Waals surface area (Å²) in [5, 5.41) is 0. The molecule has 4 heteroatoms. The minimum atomic E-state index is -0.0975. The van der Waals surface area contributed by atoms with Gasteiger partial charge in [-0.25, -0.2) is 5.48 Å². The molecule has 1 aromatic rings. The smallest absolute Gasteiger partial charge is 0.243 e. The second-order valence-corrected chi connectivity index (χ2v) is 4.12. The van der Waals surface area contributed by atoms with Crippen LogP contribution in [0.3, 0.4) is 0 Å². The van der Waals surface area contributed by atoms with Crippen LogP contribution in [0.25, 0.3) is 0 Å². The van der Waals surface area contributed by atoms with Crippen molar-refractivity contribution in [2.45, 2.75) is 25.9 Å². The predicted molar refractivity (Wildman–Crippen MR) is 74.2 cm³/mol. The van der Waals surface area contributed by atoms with Crippen LogP contribution in [0.15, 0.2) is 43.0 Å². The van der Waals surface area contributed by atoms with E-state index >= 15 is 0 Å². The van der Waals surface area contributed by atoms with Crippen molar-refractivity contribution in [2.75, 3.05) is 13.2 Å². The monoisotopic (exact) mass is 263 g/mol. The Morgan fingerprint density at radius 3 is 2.79 bits per heavy atom. The highest BCUT2D eigenvalue weighted by Gasteiger charge is 2.01. The van der Waals surface area contributed by atoms with E-state index < -0.39 is 0 Å². The lowest BCUT2D eigenvalue weighted by atomic mass is 10.2. The van der Waals surface area contributed by atoms with Gasteiger partial charge in [0.2, 0.25) is 5.91 Å². The van der Waals surface area contributed by atoms with Gasteiger partial charge in [0.1, 0.15) is 0 Å². The van der Waals surface area contributed by atoms with Crippen LogP contribution in [0.1, 0.15) is 24.8 Å². The molecule has 1 aromatic carbocycles. The summed E-state index contributed by atoms with van der Waals surface area (Å²) >= 11 is 0. The third-order valence-electron chi connectivity index (χ3n) is 2.45. The van der Waals surface area contributed by atoms with E-state index in [0.717, 1.165) is 18.4 Å². The van der Waals surface area contributed by atoms with Gasteiger partial charge < -0.3 is 4.74 Å². The van der Waals surface area contributed by atoms with Gasteiger partial charge in [0.25, 0.3) is 0 Å². The number of ether oxygens (including phenoxy) is 1. The molecule has 19 heavy (non-hydrogen) atoms. The molecule has 0 radical (unpaired) electrons. The van der Waals surface area contributed by atoms with Gasteiger partial charge in [-0.1, -0.05) is 36.4 Å². The van der Waals surface area contributed by atoms with E-state index in [-0.39, 0.29) is 5.91 Å². The van der Waals surface area contributed by atoms with Gasteiger partial charge in [0, 0.05) is 13.0 Å². The lowest BCUT2D eigenvalue weighted by Gasteiger charge is -2.06. The highest BCUT2D eigenvalue weighted by atomic mass is 16.6. The fourth-order valence-corrected chi connectivity index (χ4v) is 1.48. The van der Waals surface area contributed by atoms with Crippen LogP contribution < -0.4 is 5.48 Å². The number of rotatable bonds is 10. The molecule has 4 nitrogen and oxygen atoms in total. The van der Waals surface area contributed by atoms with Gasteiger partial charge in [-0.3, -0.25) is 9.63 Å². The van der Waals surface area contributed by atoms with E-state index in [4.69, 9.17) is 9.57 Å². The molecule has 0 aliphatic heterocycles. The Balaban J connectivity index is 1.97. The quantitative estimate of drug-likeness (QED) is 0.401. The van der Waals surface area contributed by atoms with Crippen LogP contribution in [0, 0.1) is 0 Å². The Bertz CT molecular complexity index is 365. The summed E-state index contributed by atoms with van der Waals surface area (Å²) in [4.78, 5) is 16.6. The number of amides is 1. The highest BCUT2D eigenvalue weighted by Crippen LogP contribution is 2.00. The Morgan fingerprint density at radius 2 is 2.05 bits per heavy atom. The predicted octanol–water partition coefficient (Wildman–Crippen LogP) is 2.61. The van der Waals surface area contributed by atoms with Crippen LogP contribution in [-0.2, 0) is 21.0 Å². The number of hydroxylamine groups is 1. The van der Waals surface area contributed by atoms with Crippen LogP contribution >= 0.6 is 0 Å². The molecule has 0 saturated heterocycles. The van der Waals surface area contributed by atoms with Crippen molar-refractivity contribution >= 4 is 5.91 Å². The van der Waals surface area contributed by atoms with E-state index in [1.54, 1.807) is 6.08 Å². The summed E-state index contributed by atoms with van der Waals surface area (Å²) < 4.78 is 5.22. The van der Waals surface area contributed by atoms with Gasteiger partial charge in [-0.15, -0.1) is 6.58 Å². The molecule has 1 amide bonds. The zero-order valence-corrected chi connectivity index (χ0v) is 11.1. The van der Waals surface area contributed by atoms with E-state index in [9.17, 15) is 4.79 Å². The zero-order valence-electron chi connectivity index (χ0n) is 11.1. The lowest BCUT2D eigenvalue weighted by Crippen LogP contribution is -2.23. The average molecular weight is 263 g/mol. The van der Waals surface area contributed by atoms with Crippen molar-refractivity contribution in [3.05, 3.63) is 48.6 Å². The maximum absolute atomic E-state index is 11.4. The number of carbonyl (C=O) groups is 1. The van der Waals surface area contributed by atoms with E-state index in [0.29, 0.717) is 26.2 Å². The van der Waals surface area contributed by atoms with Crippen molar-refractivity contribution in [2.24, 2.45) is 0 Å². The maximum atomic E-state index is 11.4. The molecule has 0 atom stereocenters. The molecule has 104 valence electrons. The summed E-state index contributed by atoms with van der Waals surface area (Å²) in [6.45, 7) is 5.16. The second-order valence-electron chi connectivity index (χ2n) is 4.12. The molecule has 1 N–H and O–H groups in total. The van der Waals surface area contributed by atoms with Crippen LogP contribution in [-0.4, -0.2) is 19.1 Å². The first-order valence-electron chi connectivity index (χ1n) is 6.46. The maximum Gasteiger partial charge on any atom is 0.243 e. The minimum absolute atomic E-state index is 0.0975. The molecular formula is C15H21NO3. The van der Waals surface area contributed by atoms with E-state index in [1.807, 2.05) is 30.3 Å². The number of unbranched alkanes of at least 4 members (excludes halogenated alkanes) is 1. The van der Waals surface area contributed by atoms with Crippen molar-refractivity contribution in [3.8, 4) is 0 Å². The van der Waals surface area contributed by atoms with E-state index in [2.05, 4.69) is 12.1 Å². The molecule has 0 aliphatic carbocycles. The van der Waals surface area contributed by atoms with Crippen molar-refractivity contribution < 1.29 is 14.4 Å². The van der Waals surface area contributed by atoms with Gasteiger partial charge in [-0.05, 0) is 18.4 Å². The normalized spacial score (nSPS) is 10.1. The molecule has 0 aromatic heterocycles. The van der Waals surface area contributed by atoms with Gasteiger partial charge >= 0.3 is 0 Å². The Hall–Kier alpha value is -1.65. The van der Waals surface area contributed by atoms with Crippen LogP contribution in [0.5, 0.6) is 0 Å². The first-order valence-corrected chi connectivity index (χ1v) is 6.46. The molecule has 0 heterocycles. The molecule has 0 saturated carbocycles. The standard InChI is InChI=1S/C15H21NO3/c1-2-11-18-12-7-6-10-15(17)16-19-13-14-8-4-3-5-9-14/h2-5,8-9H,1,6-7,10-13H2,(H,16,17). The summed E-state index contributed by atoms with van der Waals surface area (Å²) in [6, 6.07) is 9.70. The van der Waals surface area contributed by atoms with Crippen LogP contribution in [0.2, 0.25) is 0 Å². The SMILES string of the molecule is C=CCOCCCCC(=O)NOCc1ccccc1. The first kappa shape index (κ1) is 15.4. The Morgan fingerprint density at radius 1 is 1.26 bits per heavy atom. The minimum Gasteiger partial charge on any atom is -0.377 e. The summed E-state index contributed by atoms with van der Waals surface area (Å²) in [5.74, 6) is -0.0975. The number of benzene rings is 1. The third-order valence-corrected chi connectivity index (χ3v) is 2.45. The van der Waals surface area contributed by atoms with Crippen molar-refractivity contribution in [3.63, 3.8) is 0 Å². The molecule has 0 unspecified atom stereocenters. The molecule has 0 bridgehead atoms. The Kier molecular flexibility index (Phi) is 8.34. The number of nitrogens with one attached hydrogen (secondary N) is 1. The molecular weight excluding hydrogens is 242 g/mol. The van der Waals surface area contributed by atoms with E-state index in [1.165, 1.54) is 0 Å². The Labute approximate surface area is 114 Å². The fraction of sp³-hybridized carbons (Fsp3) is 0.400. The van der Waals surface area contributed by atoms with Gasteiger partial charge in [-0.2, -0.15) is 0 Å². The van der Waals surface area contributed by atoms with Crippen molar-refractivity contribution in [1.29, 1.82) is 0 Å². The average Bonchev–Trinajstić information content (AvgIpc) is 2.44. The summed E-state index contributed by atoms with van der Waals surface area (Å²) in [7, 11) is 0. The van der Waals surface area contributed by atoms with Gasteiger partial charge in [0.15, 0.2) is 0 Å². The molecule has 1 rings (SSSR count). The number of carbonyl (C=O) groups excluding carboxylic acids is 1. The first-order chi connectivity index (χ1) is 9.33. The molecule has 0 aliphatic rings. The number of hydrogen-bond donors (Lipinski definition) is 1. The second kappa shape index (κ2) is 10.3. The largest absolute Gasteiger partial charge is 0.377 e. The topological polar surface area (TPSA) is 47.6 Å². The summed E-state index contributed by atoms with van der Waals surface area (Å²) in [6.07, 6.45) is 3.81. The van der Waals surface area contributed by atoms with Gasteiger partial charge in [0.05, 0.1) is 13.2 Å². The number of hydrogen-bond acceptors (Lipinski definition) is 3. The fourth-order valence-electron chi connectivity index (χ4n) is 1.48. The molecule has 0 spiro atoms. The van der Waals surface area contributed by atoms with Crippen molar-refractivity contribution in [1.82, 2.24) is 5.48 Å². The lowest BCUT2D eigenvalue weighted by molar-refractivity contribution is -0.134.